The summed E-state index contributed by atoms with van der Waals surface area (Å²) in [6, 6.07) is 11.3. The van der Waals surface area contributed by atoms with Gasteiger partial charge in [0.2, 0.25) is 5.91 Å². The number of nitrogens with zero attached hydrogens (tertiary/aromatic N) is 3. The van der Waals surface area contributed by atoms with Crippen LogP contribution in [0.1, 0.15) is 43.0 Å². The summed E-state index contributed by atoms with van der Waals surface area (Å²) in [5, 5.41) is 11.2. The van der Waals surface area contributed by atoms with Crippen LogP contribution in [-0.2, 0) is 4.79 Å². The van der Waals surface area contributed by atoms with Crippen LogP contribution >= 0.6 is 11.8 Å². The highest BCUT2D eigenvalue weighted by Gasteiger charge is 2.41. The van der Waals surface area contributed by atoms with Gasteiger partial charge in [-0.15, -0.1) is 11.8 Å². The lowest BCUT2D eigenvalue weighted by Crippen LogP contribution is -2.48. The second-order valence-corrected chi connectivity index (χ2v) is 10.4. The monoisotopic (exact) mass is 512 g/mol. The zero-order chi connectivity index (χ0) is 25.5. The molecule has 3 heterocycles. The van der Waals surface area contributed by atoms with Crippen LogP contribution in [0, 0.1) is 12.3 Å². The number of alkyl halides is 1. The third kappa shape index (κ3) is 5.96. The molecule has 2 N–H and O–H groups in total. The molecular weight excluding hydrogens is 479 g/mol. The number of hydrogen-bond donors (Lipinski definition) is 2. The maximum atomic E-state index is 15.8. The second-order valence-electron chi connectivity index (χ2n) is 9.32. The SMILES string of the molecule is COc1ccc2ncc(C)c(C(F)CCC3(C(=O)NO)CCN(CCSc4ccccn4)CC3)c2c1. The van der Waals surface area contributed by atoms with E-state index in [4.69, 9.17) is 4.74 Å². The van der Waals surface area contributed by atoms with E-state index in [2.05, 4.69) is 14.9 Å². The molecule has 1 saturated heterocycles. The lowest BCUT2D eigenvalue weighted by Gasteiger charge is -2.40. The molecule has 2 aromatic heterocycles. The lowest BCUT2D eigenvalue weighted by molar-refractivity contribution is -0.143. The van der Waals surface area contributed by atoms with Crippen LogP contribution in [0.5, 0.6) is 5.75 Å². The van der Waals surface area contributed by atoms with Gasteiger partial charge >= 0.3 is 0 Å². The number of carbonyl (C=O) groups is 1. The maximum Gasteiger partial charge on any atom is 0.249 e. The Morgan fingerprint density at radius 2 is 2.08 bits per heavy atom. The van der Waals surface area contributed by atoms with Crippen LogP contribution < -0.4 is 10.2 Å². The topological polar surface area (TPSA) is 87.6 Å². The zero-order valence-electron chi connectivity index (χ0n) is 20.7. The van der Waals surface area contributed by atoms with Crippen molar-refractivity contribution in [1.29, 1.82) is 0 Å². The fourth-order valence-corrected chi connectivity index (χ4v) is 5.88. The van der Waals surface area contributed by atoms with Crippen LogP contribution in [0.2, 0.25) is 0 Å². The number of aryl methyl sites for hydroxylation is 1. The first-order valence-electron chi connectivity index (χ1n) is 12.2. The number of thioether (sulfide) groups is 1. The number of hydrogen-bond acceptors (Lipinski definition) is 7. The van der Waals surface area contributed by atoms with Crippen molar-refractivity contribution in [3.63, 3.8) is 0 Å². The number of pyridine rings is 2. The van der Waals surface area contributed by atoms with Gasteiger partial charge in [-0.2, -0.15) is 0 Å². The molecule has 0 spiro atoms. The van der Waals surface area contributed by atoms with E-state index in [1.54, 1.807) is 31.3 Å². The summed E-state index contributed by atoms with van der Waals surface area (Å²) in [6.07, 6.45) is 3.89. The molecule has 0 aliphatic carbocycles. The van der Waals surface area contributed by atoms with Gasteiger partial charge in [-0.3, -0.25) is 15.0 Å². The van der Waals surface area contributed by atoms with Crippen molar-refractivity contribution >= 4 is 28.6 Å². The van der Waals surface area contributed by atoms with Crippen LogP contribution in [0.4, 0.5) is 4.39 Å². The summed E-state index contributed by atoms with van der Waals surface area (Å²) in [4.78, 5) is 23.8. The summed E-state index contributed by atoms with van der Waals surface area (Å²) in [6.45, 7) is 4.18. The summed E-state index contributed by atoms with van der Waals surface area (Å²) in [7, 11) is 1.58. The zero-order valence-corrected chi connectivity index (χ0v) is 21.6. The molecule has 36 heavy (non-hydrogen) atoms. The maximum absolute atomic E-state index is 15.8. The highest BCUT2D eigenvalue weighted by atomic mass is 32.2. The number of aromatic nitrogens is 2. The number of ether oxygens (including phenoxy) is 1. The molecule has 3 aromatic rings. The van der Waals surface area contributed by atoms with E-state index in [-0.39, 0.29) is 6.42 Å². The van der Waals surface area contributed by atoms with Crippen molar-refractivity contribution in [2.24, 2.45) is 5.41 Å². The fourth-order valence-electron chi connectivity index (χ4n) is 5.01. The summed E-state index contributed by atoms with van der Waals surface area (Å²) >= 11 is 1.71. The predicted octanol–water partition coefficient (Wildman–Crippen LogP) is 5.12. The van der Waals surface area contributed by atoms with Crippen molar-refractivity contribution in [2.75, 3.05) is 32.5 Å². The molecule has 4 rings (SSSR count). The average molecular weight is 513 g/mol. The minimum atomic E-state index is -1.27. The number of methoxy groups -OCH3 is 1. The molecule has 192 valence electrons. The Hall–Kier alpha value is -2.75. The van der Waals surface area contributed by atoms with Crippen molar-refractivity contribution in [1.82, 2.24) is 20.3 Å². The van der Waals surface area contributed by atoms with Gasteiger partial charge in [0.25, 0.3) is 0 Å². The van der Waals surface area contributed by atoms with Crippen molar-refractivity contribution in [3.8, 4) is 5.75 Å². The molecule has 7 nitrogen and oxygen atoms in total. The van der Waals surface area contributed by atoms with Crippen LogP contribution in [-0.4, -0.2) is 58.5 Å². The van der Waals surface area contributed by atoms with E-state index in [0.29, 0.717) is 36.1 Å². The van der Waals surface area contributed by atoms with Crippen molar-refractivity contribution < 1.29 is 19.1 Å². The first-order valence-corrected chi connectivity index (χ1v) is 13.2. The number of halogens is 1. The van der Waals surface area contributed by atoms with Gasteiger partial charge in [0, 0.05) is 30.1 Å². The first-order chi connectivity index (χ1) is 17.5. The number of amides is 1. The van der Waals surface area contributed by atoms with E-state index < -0.39 is 17.5 Å². The summed E-state index contributed by atoms with van der Waals surface area (Å²) < 4.78 is 21.1. The molecule has 0 saturated carbocycles. The molecule has 1 fully saturated rings. The Morgan fingerprint density at radius 1 is 1.28 bits per heavy atom. The molecular formula is C27H33FN4O3S. The number of nitrogens with one attached hydrogen (secondary N) is 1. The Kier molecular flexibility index (Phi) is 8.77. The third-order valence-electron chi connectivity index (χ3n) is 7.20. The Labute approximate surface area is 215 Å². The van der Waals surface area contributed by atoms with E-state index in [1.807, 2.05) is 48.8 Å². The van der Waals surface area contributed by atoms with E-state index in [9.17, 15) is 10.0 Å². The van der Waals surface area contributed by atoms with E-state index in [0.717, 1.165) is 41.4 Å². The average Bonchev–Trinajstić information content (AvgIpc) is 2.92. The Morgan fingerprint density at radius 3 is 2.78 bits per heavy atom. The number of benzene rings is 1. The third-order valence-corrected chi connectivity index (χ3v) is 8.12. The van der Waals surface area contributed by atoms with Crippen molar-refractivity contribution in [3.05, 3.63) is 59.9 Å². The number of rotatable bonds is 10. The van der Waals surface area contributed by atoms with E-state index >= 15 is 4.39 Å². The highest BCUT2D eigenvalue weighted by molar-refractivity contribution is 7.99. The molecule has 9 heteroatoms. The molecule has 0 bridgehead atoms. The van der Waals surface area contributed by atoms with Gasteiger partial charge in [-0.05, 0) is 87.2 Å². The second kappa shape index (κ2) is 12.0. The van der Waals surface area contributed by atoms with Crippen LogP contribution in [0.25, 0.3) is 10.9 Å². The minimum absolute atomic E-state index is 0.181. The molecule has 1 atom stereocenters. The van der Waals surface area contributed by atoms with Crippen molar-refractivity contribution in [2.45, 2.75) is 43.8 Å². The number of hydroxylamine groups is 1. The van der Waals surface area contributed by atoms with Gasteiger partial charge in [0.15, 0.2) is 0 Å². The molecule has 1 aliphatic heterocycles. The lowest BCUT2D eigenvalue weighted by atomic mass is 9.73. The standard InChI is InChI=1S/C27H33FN4O3S/c1-19-18-30-23-7-6-20(35-2)17-21(23)25(19)22(28)8-9-27(26(33)31-34)10-13-32(14-11-27)15-16-36-24-5-3-4-12-29-24/h3-7,12,17-18,22,34H,8-11,13-16H2,1-2H3,(H,31,33). The quantitative estimate of drug-likeness (QED) is 0.222. The fraction of sp³-hybridized carbons (Fsp3) is 0.444. The normalized spacial score (nSPS) is 16.6. The molecule has 1 amide bonds. The van der Waals surface area contributed by atoms with Crippen LogP contribution in [0.15, 0.2) is 53.8 Å². The van der Waals surface area contributed by atoms with Gasteiger partial charge in [-0.1, -0.05) is 6.07 Å². The summed E-state index contributed by atoms with van der Waals surface area (Å²) in [5.41, 5.74) is 3.12. The van der Waals surface area contributed by atoms with Crippen LogP contribution in [0.3, 0.4) is 0 Å². The highest BCUT2D eigenvalue weighted by Crippen LogP contribution is 2.41. The number of likely N-dealkylation sites (tertiary alicyclic amines) is 1. The first kappa shape index (κ1) is 26.3. The number of carbonyl (C=O) groups excluding carboxylic acids is 1. The predicted molar refractivity (Wildman–Crippen MR) is 139 cm³/mol. The largest absolute Gasteiger partial charge is 0.497 e. The van der Waals surface area contributed by atoms with Gasteiger partial charge in [-0.25, -0.2) is 14.9 Å². The number of fused-ring (bicyclic) bond motifs is 1. The van der Waals surface area contributed by atoms with Gasteiger partial charge < -0.3 is 9.64 Å². The molecule has 1 aliphatic rings. The molecule has 0 radical (unpaired) electrons. The minimum Gasteiger partial charge on any atom is -0.497 e. The summed E-state index contributed by atoms with van der Waals surface area (Å²) in [5.74, 6) is 1.13. The molecule has 1 unspecified atom stereocenters. The molecule has 1 aromatic carbocycles. The van der Waals surface area contributed by atoms with Gasteiger partial charge in [0.05, 0.1) is 23.1 Å². The number of piperidine rings is 1. The van der Waals surface area contributed by atoms with E-state index in [1.165, 1.54) is 0 Å². The van der Waals surface area contributed by atoms with Gasteiger partial charge in [0.1, 0.15) is 11.9 Å². The Bertz CT molecular complexity index is 1170. The Balaban J connectivity index is 1.40. The smallest absolute Gasteiger partial charge is 0.249 e.